The van der Waals surface area contributed by atoms with Crippen LogP contribution in [0, 0.1) is 11.3 Å². The summed E-state index contributed by atoms with van der Waals surface area (Å²) in [5.41, 5.74) is 0.509. The zero-order valence-electron chi connectivity index (χ0n) is 16.1. The maximum Gasteiger partial charge on any atom is 0.349 e. The van der Waals surface area contributed by atoms with Gasteiger partial charge in [0.1, 0.15) is 11.6 Å². The van der Waals surface area contributed by atoms with Gasteiger partial charge in [0.25, 0.3) is 5.91 Å². The van der Waals surface area contributed by atoms with Gasteiger partial charge >= 0.3 is 5.97 Å². The number of amides is 1. The van der Waals surface area contributed by atoms with Gasteiger partial charge in [-0.1, -0.05) is 12.1 Å². The maximum atomic E-state index is 12.1. The van der Waals surface area contributed by atoms with E-state index in [0.717, 1.165) is 5.69 Å². The predicted molar refractivity (Wildman–Crippen MR) is 105 cm³/mol. The summed E-state index contributed by atoms with van der Waals surface area (Å²) in [6, 6.07) is 8.97. The first-order valence-corrected chi connectivity index (χ1v) is 10.4. The lowest BCUT2D eigenvalue weighted by atomic mass is 10.0. The SMILES string of the molecule is CN(C)c1ccc(/C=C(\C#N)C(=O)OCC(=O)N[C@]2(C)CCS(=O)(=O)C2)cc1. The Morgan fingerprint density at radius 3 is 2.46 bits per heavy atom. The van der Waals surface area contributed by atoms with E-state index in [9.17, 15) is 23.3 Å². The van der Waals surface area contributed by atoms with Gasteiger partial charge in [-0.2, -0.15) is 5.26 Å². The number of esters is 1. The molecule has 1 N–H and O–H groups in total. The number of carbonyl (C=O) groups excluding carboxylic acids is 2. The molecule has 1 amide bonds. The smallest absolute Gasteiger partial charge is 0.349 e. The Balaban J connectivity index is 1.95. The average Bonchev–Trinajstić information content (AvgIpc) is 2.90. The fraction of sp³-hybridized carbons (Fsp3) is 0.421. The van der Waals surface area contributed by atoms with Gasteiger partial charge in [-0.25, -0.2) is 13.2 Å². The Morgan fingerprint density at radius 1 is 1.32 bits per heavy atom. The van der Waals surface area contributed by atoms with Crippen LogP contribution >= 0.6 is 0 Å². The van der Waals surface area contributed by atoms with Gasteiger partial charge in [-0.15, -0.1) is 0 Å². The van der Waals surface area contributed by atoms with Crippen LogP contribution in [0.25, 0.3) is 6.08 Å². The number of nitrogens with zero attached hydrogens (tertiary/aromatic N) is 2. The monoisotopic (exact) mass is 405 g/mol. The van der Waals surface area contributed by atoms with Crippen molar-refractivity contribution in [2.75, 3.05) is 37.1 Å². The molecule has 0 radical (unpaired) electrons. The lowest BCUT2D eigenvalue weighted by molar-refractivity contribution is -0.144. The van der Waals surface area contributed by atoms with Gasteiger partial charge in [0, 0.05) is 19.8 Å². The second-order valence-electron chi connectivity index (χ2n) is 7.18. The molecule has 1 heterocycles. The van der Waals surface area contributed by atoms with Crippen molar-refractivity contribution in [1.82, 2.24) is 5.32 Å². The van der Waals surface area contributed by atoms with Crippen LogP contribution in [-0.2, 0) is 24.2 Å². The van der Waals surface area contributed by atoms with Crippen molar-refractivity contribution in [2.45, 2.75) is 18.9 Å². The van der Waals surface area contributed by atoms with Gasteiger partial charge in [0.15, 0.2) is 16.4 Å². The number of hydrogen-bond acceptors (Lipinski definition) is 7. The molecule has 0 unspecified atom stereocenters. The average molecular weight is 405 g/mol. The van der Waals surface area contributed by atoms with Crippen molar-refractivity contribution in [1.29, 1.82) is 5.26 Å². The van der Waals surface area contributed by atoms with E-state index in [4.69, 9.17) is 4.74 Å². The molecule has 1 fully saturated rings. The van der Waals surface area contributed by atoms with Crippen molar-refractivity contribution in [3.05, 3.63) is 35.4 Å². The predicted octanol–water partition coefficient (Wildman–Crippen LogP) is 0.896. The molecule has 8 nitrogen and oxygen atoms in total. The molecule has 28 heavy (non-hydrogen) atoms. The number of carbonyl (C=O) groups is 2. The van der Waals surface area contributed by atoms with Crippen LogP contribution in [-0.4, -0.2) is 58.0 Å². The Morgan fingerprint density at radius 2 is 1.96 bits per heavy atom. The highest BCUT2D eigenvalue weighted by Crippen LogP contribution is 2.22. The van der Waals surface area contributed by atoms with Crippen LogP contribution in [0.15, 0.2) is 29.8 Å². The van der Waals surface area contributed by atoms with Gasteiger partial charge in [0.05, 0.1) is 17.0 Å². The number of benzene rings is 1. The summed E-state index contributed by atoms with van der Waals surface area (Å²) in [5.74, 6) is -1.66. The minimum atomic E-state index is -3.17. The number of nitriles is 1. The summed E-state index contributed by atoms with van der Waals surface area (Å²) in [7, 11) is 0.627. The molecular formula is C19H23N3O5S. The number of rotatable bonds is 6. The number of anilines is 1. The van der Waals surface area contributed by atoms with Gasteiger partial charge < -0.3 is 15.0 Å². The first-order valence-electron chi connectivity index (χ1n) is 8.61. The summed E-state index contributed by atoms with van der Waals surface area (Å²) >= 11 is 0. The Labute approximate surface area is 164 Å². The molecule has 1 aliphatic rings. The van der Waals surface area contributed by atoms with Gasteiger partial charge in [-0.05, 0) is 37.1 Å². The quantitative estimate of drug-likeness (QED) is 0.424. The van der Waals surface area contributed by atoms with Crippen molar-refractivity contribution < 1.29 is 22.7 Å². The summed E-state index contributed by atoms with van der Waals surface area (Å²) in [4.78, 5) is 26.0. The van der Waals surface area contributed by atoms with Crippen molar-refractivity contribution in [3.63, 3.8) is 0 Å². The highest BCUT2D eigenvalue weighted by molar-refractivity contribution is 7.91. The van der Waals surface area contributed by atoms with Crippen LogP contribution < -0.4 is 10.2 Å². The van der Waals surface area contributed by atoms with E-state index in [0.29, 0.717) is 12.0 Å². The van der Waals surface area contributed by atoms with Crippen LogP contribution in [0.1, 0.15) is 18.9 Å². The molecule has 1 saturated heterocycles. The molecule has 2 rings (SSSR count). The highest BCUT2D eigenvalue weighted by atomic mass is 32.2. The Kier molecular flexibility index (Phi) is 6.46. The summed E-state index contributed by atoms with van der Waals surface area (Å²) in [6.45, 7) is 1.04. The molecule has 1 atom stereocenters. The number of sulfone groups is 1. The normalized spacial score (nSPS) is 20.9. The molecule has 0 spiro atoms. The molecule has 0 saturated carbocycles. The van der Waals surface area contributed by atoms with E-state index < -0.39 is 33.9 Å². The molecule has 0 aliphatic carbocycles. The van der Waals surface area contributed by atoms with Crippen LogP contribution in [0.3, 0.4) is 0 Å². The van der Waals surface area contributed by atoms with Crippen LogP contribution in [0.2, 0.25) is 0 Å². The molecule has 1 aliphatic heterocycles. The Hall–Kier alpha value is -2.86. The molecule has 1 aromatic carbocycles. The molecule has 9 heteroatoms. The third-order valence-corrected chi connectivity index (χ3v) is 6.24. The van der Waals surface area contributed by atoms with Crippen LogP contribution in [0.5, 0.6) is 0 Å². The van der Waals surface area contributed by atoms with E-state index in [2.05, 4.69) is 5.32 Å². The van der Waals surface area contributed by atoms with E-state index in [-0.39, 0.29) is 17.1 Å². The standard InChI is InChI=1S/C19H23N3O5S/c1-19(8-9-28(25,26)13-19)21-17(23)12-27-18(24)15(11-20)10-14-4-6-16(7-5-14)22(2)3/h4-7,10H,8-9,12-13H2,1-3H3,(H,21,23)/b15-10+/t19-/m1/s1. The van der Waals surface area contributed by atoms with Crippen LogP contribution in [0.4, 0.5) is 5.69 Å². The highest BCUT2D eigenvalue weighted by Gasteiger charge is 2.39. The maximum absolute atomic E-state index is 12.1. The molecule has 0 aromatic heterocycles. The second kappa shape index (κ2) is 8.44. The lowest BCUT2D eigenvalue weighted by Crippen LogP contribution is -2.48. The number of ether oxygens (including phenoxy) is 1. The first kappa shape index (κ1) is 21.4. The lowest BCUT2D eigenvalue weighted by Gasteiger charge is -2.23. The summed E-state index contributed by atoms with van der Waals surface area (Å²) in [6.07, 6.45) is 1.69. The van der Waals surface area contributed by atoms with E-state index in [1.165, 1.54) is 6.08 Å². The minimum Gasteiger partial charge on any atom is -0.451 e. The Bertz CT molecular complexity index is 929. The zero-order chi connectivity index (χ0) is 20.9. The zero-order valence-corrected chi connectivity index (χ0v) is 16.9. The fourth-order valence-electron chi connectivity index (χ4n) is 2.86. The second-order valence-corrected chi connectivity index (χ2v) is 9.37. The minimum absolute atomic E-state index is 0.0114. The van der Waals surface area contributed by atoms with Crippen molar-refractivity contribution in [3.8, 4) is 6.07 Å². The van der Waals surface area contributed by atoms with E-state index >= 15 is 0 Å². The van der Waals surface area contributed by atoms with Gasteiger partial charge in [0.2, 0.25) is 0 Å². The summed E-state index contributed by atoms with van der Waals surface area (Å²) in [5, 5.41) is 11.8. The topological polar surface area (TPSA) is 117 Å². The van der Waals surface area contributed by atoms with E-state index in [1.54, 1.807) is 25.1 Å². The fourth-order valence-corrected chi connectivity index (χ4v) is 4.96. The number of nitrogens with one attached hydrogen (secondary N) is 1. The molecule has 1 aromatic rings. The third-order valence-electron chi connectivity index (χ3n) is 4.34. The molecule has 150 valence electrons. The number of hydrogen-bond donors (Lipinski definition) is 1. The summed E-state index contributed by atoms with van der Waals surface area (Å²) < 4.78 is 28.0. The first-order chi connectivity index (χ1) is 13.0. The van der Waals surface area contributed by atoms with E-state index in [1.807, 2.05) is 31.1 Å². The van der Waals surface area contributed by atoms with Crippen molar-refractivity contribution in [2.24, 2.45) is 0 Å². The molecule has 0 bridgehead atoms. The van der Waals surface area contributed by atoms with Gasteiger partial charge in [-0.3, -0.25) is 4.79 Å². The molecular weight excluding hydrogens is 382 g/mol. The third kappa shape index (κ3) is 5.82. The van der Waals surface area contributed by atoms with Crippen molar-refractivity contribution >= 4 is 33.5 Å². The largest absolute Gasteiger partial charge is 0.451 e.